The fourth-order valence-electron chi connectivity index (χ4n) is 3.78. The van der Waals surface area contributed by atoms with E-state index in [0.29, 0.717) is 12.8 Å². The molecule has 37 heavy (non-hydrogen) atoms. The Kier molecular flexibility index (Phi) is 13.0. The predicted molar refractivity (Wildman–Crippen MR) is 132 cm³/mol. The van der Waals surface area contributed by atoms with E-state index in [1.165, 1.54) is 4.90 Å². The Hall–Kier alpha value is -3.26. The van der Waals surface area contributed by atoms with Crippen molar-refractivity contribution in [3.05, 3.63) is 0 Å². The summed E-state index contributed by atoms with van der Waals surface area (Å²) in [5.41, 5.74) is 5.75. The summed E-state index contributed by atoms with van der Waals surface area (Å²) < 4.78 is 0. The fourth-order valence-corrected chi connectivity index (χ4v) is 3.78. The number of carbonyl (C=O) groups excluding carboxylic acids is 5. The third-order valence-electron chi connectivity index (χ3n) is 5.85. The van der Waals surface area contributed by atoms with Gasteiger partial charge in [0.05, 0.1) is 19.2 Å². The van der Waals surface area contributed by atoms with Crippen molar-refractivity contribution in [1.29, 1.82) is 0 Å². The summed E-state index contributed by atoms with van der Waals surface area (Å²) in [6, 6.07) is -4.15. The summed E-state index contributed by atoms with van der Waals surface area (Å²) in [6.07, 6.45) is 1.01. The largest absolute Gasteiger partial charge is 0.480 e. The number of rotatable bonds is 14. The number of carbonyl (C=O) groups is 6. The molecule has 14 heteroatoms. The van der Waals surface area contributed by atoms with Gasteiger partial charge in [-0.15, -0.1) is 0 Å². The number of carboxylic acid groups (broad SMARTS) is 1. The zero-order chi connectivity index (χ0) is 28.3. The Morgan fingerprint density at radius 1 is 0.946 bits per heavy atom. The van der Waals surface area contributed by atoms with Gasteiger partial charge in [-0.25, -0.2) is 0 Å². The van der Waals surface area contributed by atoms with Crippen LogP contribution >= 0.6 is 0 Å². The first-order valence-corrected chi connectivity index (χ1v) is 12.3. The number of nitrogens with one attached hydrogen (secondary N) is 4. The molecule has 14 nitrogen and oxygen atoms in total. The topological polar surface area (TPSA) is 220 Å². The van der Waals surface area contributed by atoms with Gasteiger partial charge in [0, 0.05) is 6.54 Å². The molecule has 1 fully saturated rings. The number of aliphatic carboxylic acids is 1. The Labute approximate surface area is 216 Å². The molecule has 0 bridgehead atoms. The van der Waals surface area contributed by atoms with Crippen LogP contribution in [0, 0.1) is 11.8 Å². The van der Waals surface area contributed by atoms with Crippen molar-refractivity contribution >= 4 is 35.5 Å². The molecular weight excluding hydrogens is 488 g/mol. The van der Waals surface area contributed by atoms with Crippen molar-refractivity contribution in [2.45, 2.75) is 71.1 Å². The lowest BCUT2D eigenvalue weighted by molar-refractivity contribution is -0.143. The number of hydrogen-bond donors (Lipinski definition) is 7. The van der Waals surface area contributed by atoms with Crippen molar-refractivity contribution in [3.63, 3.8) is 0 Å². The maximum atomic E-state index is 13.0. The quantitative estimate of drug-likeness (QED) is 0.124. The second kappa shape index (κ2) is 15.1. The molecule has 1 aliphatic heterocycles. The van der Waals surface area contributed by atoms with Crippen LogP contribution in [0.4, 0.5) is 0 Å². The molecule has 0 unspecified atom stereocenters. The van der Waals surface area contributed by atoms with E-state index >= 15 is 0 Å². The number of nitrogens with two attached hydrogens (primary N) is 1. The van der Waals surface area contributed by atoms with E-state index in [0.717, 1.165) is 0 Å². The van der Waals surface area contributed by atoms with Crippen molar-refractivity contribution < 1.29 is 39.0 Å². The molecule has 0 aromatic carbocycles. The average Bonchev–Trinajstić information content (AvgIpc) is 3.32. The van der Waals surface area contributed by atoms with Gasteiger partial charge < -0.3 is 42.1 Å². The number of amides is 5. The first-order valence-electron chi connectivity index (χ1n) is 12.3. The van der Waals surface area contributed by atoms with Crippen molar-refractivity contribution in [1.82, 2.24) is 26.2 Å². The van der Waals surface area contributed by atoms with E-state index in [4.69, 9.17) is 10.8 Å². The predicted octanol–water partition coefficient (Wildman–Crippen LogP) is -2.71. The molecule has 1 heterocycles. The zero-order valence-electron chi connectivity index (χ0n) is 21.8. The lowest BCUT2D eigenvalue weighted by Crippen LogP contribution is -2.58. The standard InChI is InChI=1S/C23H40N6O8/c1-12(2)8-14(27-17(31)9-25-22(36)19(24)13(3)4)20(34)28-15(11-30)23(37)29-7-5-6-16(29)21(35)26-10-18(32)33/h12-16,19,30H,5-11,24H2,1-4H3,(H,25,36)(H,26,35)(H,27,31)(H,28,34)(H,32,33)/t14-,15-,16-,19-/m0/s1. The highest BCUT2D eigenvalue weighted by molar-refractivity contribution is 5.95. The van der Waals surface area contributed by atoms with Crippen molar-refractivity contribution in [2.24, 2.45) is 17.6 Å². The van der Waals surface area contributed by atoms with Gasteiger partial charge in [-0.3, -0.25) is 28.8 Å². The van der Waals surface area contributed by atoms with Gasteiger partial charge in [-0.1, -0.05) is 27.7 Å². The first kappa shape index (κ1) is 31.8. The minimum Gasteiger partial charge on any atom is -0.480 e. The van der Waals surface area contributed by atoms with Crippen LogP contribution in [0.2, 0.25) is 0 Å². The third-order valence-corrected chi connectivity index (χ3v) is 5.85. The molecule has 4 atom stereocenters. The van der Waals surface area contributed by atoms with E-state index in [1.54, 1.807) is 13.8 Å². The zero-order valence-corrected chi connectivity index (χ0v) is 21.8. The van der Waals surface area contributed by atoms with Crippen LogP contribution in [-0.2, 0) is 28.8 Å². The van der Waals surface area contributed by atoms with Gasteiger partial charge in [0.2, 0.25) is 29.5 Å². The molecule has 0 aromatic heterocycles. The number of carboxylic acids is 1. The number of nitrogens with zero attached hydrogens (tertiary/aromatic N) is 1. The Morgan fingerprint density at radius 2 is 1.59 bits per heavy atom. The van der Waals surface area contributed by atoms with Gasteiger partial charge in [0.25, 0.3) is 0 Å². The second-order valence-electron chi connectivity index (χ2n) is 9.78. The molecule has 0 radical (unpaired) electrons. The lowest BCUT2D eigenvalue weighted by Gasteiger charge is -2.29. The highest BCUT2D eigenvalue weighted by Gasteiger charge is 2.38. The maximum Gasteiger partial charge on any atom is 0.322 e. The molecule has 0 spiro atoms. The van der Waals surface area contributed by atoms with E-state index < -0.39 is 79.4 Å². The highest BCUT2D eigenvalue weighted by atomic mass is 16.4. The third kappa shape index (κ3) is 10.3. The van der Waals surface area contributed by atoms with Crippen molar-refractivity contribution in [3.8, 4) is 0 Å². The smallest absolute Gasteiger partial charge is 0.322 e. The molecule has 0 aromatic rings. The van der Waals surface area contributed by atoms with Crippen LogP contribution in [0.25, 0.3) is 0 Å². The summed E-state index contributed by atoms with van der Waals surface area (Å²) >= 11 is 0. The number of aliphatic hydroxyl groups is 1. The Morgan fingerprint density at radius 3 is 2.14 bits per heavy atom. The van der Waals surface area contributed by atoms with Gasteiger partial charge in [0.1, 0.15) is 24.7 Å². The van der Waals surface area contributed by atoms with Crippen LogP contribution in [0.15, 0.2) is 0 Å². The van der Waals surface area contributed by atoms with Gasteiger partial charge >= 0.3 is 5.97 Å². The van der Waals surface area contributed by atoms with Crippen molar-refractivity contribution in [2.75, 3.05) is 26.2 Å². The lowest BCUT2D eigenvalue weighted by atomic mass is 10.0. The summed E-state index contributed by atoms with van der Waals surface area (Å²) in [5.74, 6) is -4.58. The summed E-state index contributed by atoms with van der Waals surface area (Å²) in [5, 5.41) is 28.2. The SMILES string of the molecule is CC(C)C[C@H](NC(=O)CNC(=O)[C@@H](N)C(C)C)C(=O)N[C@@H](CO)C(=O)N1CCC[C@H]1C(=O)NCC(=O)O. The fraction of sp³-hybridized carbons (Fsp3) is 0.739. The number of aliphatic hydroxyl groups excluding tert-OH is 1. The summed E-state index contributed by atoms with van der Waals surface area (Å²) in [4.78, 5) is 74.7. The number of likely N-dealkylation sites (tertiary alicyclic amines) is 1. The average molecular weight is 529 g/mol. The van der Waals surface area contributed by atoms with Crippen LogP contribution in [0.3, 0.4) is 0 Å². The first-order chi connectivity index (χ1) is 17.3. The summed E-state index contributed by atoms with van der Waals surface area (Å²) in [7, 11) is 0. The van der Waals surface area contributed by atoms with Crippen LogP contribution in [-0.4, -0.2) is 101 Å². The highest BCUT2D eigenvalue weighted by Crippen LogP contribution is 2.19. The van der Waals surface area contributed by atoms with Gasteiger partial charge in [-0.05, 0) is 31.1 Å². The normalized spacial score (nSPS) is 17.6. The van der Waals surface area contributed by atoms with E-state index in [-0.39, 0.29) is 24.8 Å². The molecule has 8 N–H and O–H groups in total. The molecule has 0 aliphatic carbocycles. The van der Waals surface area contributed by atoms with Gasteiger partial charge in [0.15, 0.2) is 0 Å². The van der Waals surface area contributed by atoms with Crippen LogP contribution in [0.5, 0.6) is 0 Å². The number of hydrogen-bond acceptors (Lipinski definition) is 8. The van der Waals surface area contributed by atoms with E-state index in [9.17, 15) is 33.9 Å². The Bertz CT molecular complexity index is 849. The molecule has 210 valence electrons. The van der Waals surface area contributed by atoms with Gasteiger partial charge in [-0.2, -0.15) is 0 Å². The monoisotopic (exact) mass is 528 g/mol. The maximum absolute atomic E-state index is 13.0. The van der Waals surface area contributed by atoms with Crippen LogP contribution < -0.4 is 27.0 Å². The molecule has 1 rings (SSSR count). The van der Waals surface area contributed by atoms with E-state index in [1.807, 2.05) is 13.8 Å². The summed E-state index contributed by atoms with van der Waals surface area (Å²) in [6.45, 7) is 5.63. The minimum atomic E-state index is -1.38. The Balaban J connectivity index is 2.83. The van der Waals surface area contributed by atoms with E-state index in [2.05, 4.69) is 21.3 Å². The molecule has 1 saturated heterocycles. The molecule has 5 amide bonds. The van der Waals surface area contributed by atoms with Crippen LogP contribution in [0.1, 0.15) is 47.0 Å². The second-order valence-corrected chi connectivity index (χ2v) is 9.78. The molecule has 1 aliphatic rings. The molecule has 0 saturated carbocycles. The minimum absolute atomic E-state index is 0.0239. The molecular formula is C23H40N6O8.